The Kier molecular flexibility index (Phi) is 5.47. The molecule has 1 atom stereocenters. The first-order valence-electron chi connectivity index (χ1n) is 5.93. The highest BCUT2D eigenvalue weighted by molar-refractivity contribution is 5.35. The van der Waals surface area contributed by atoms with Gasteiger partial charge in [-0.3, -0.25) is 0 Å². The molecule has 0 aromatic heterocycles. The number of halogens is 3. The van der Waals surface area contributed by atoms with Crippen molar-refractivity contribution in [3.8, 4) is 5.75 Å². The summed E-state index contributed by atoms with van der Waals surface area (Å²) in [5, 5.41) is 9.24. The first kappa shape index (κ1) is 14.8. The number of aliphatic hydroxyl groups is 1. The molecule has 5 heteroatoms. The number of rotatable bonds is 6. The van der Waals surface area contributed by atoms with Gasteiger partial charge in [0.05, 0.1) is 6.61 Å². The molecule has 0 radical (unpaired) electrons. The summed E-state index contributed by atoms with van der Waals surface area (Å²) in [6, 6.07) is 5.70. The van der Waals surface area contributed by atoms with E-state index in [2.05, 4.69) is 0 Å². The molecule has 1 aromatic rings. The Morgan fingerprint density at radius 1 is 1.22 bits per heavy atom. The van der Waals surface area contributed by atoms with Crippen LogP contribution in [0.15, 0.2) is 24.3 Å². The lowest BCUT2D eigenvalue weighted by Gasteiger charge is -2.18. The summed E-state index contributed by atoms with van der Waals surface area (Å²) in [4.78, 5) is 0. The number of benzene rings is 1. The topological polar surface area (TPSA) is 29.5 Å². The number of aliphatic hydroxyl groups excluding tert-OH is 1. The van der Waals surface area contributed by atoms with Crippen LogP contribution in [-0.4, -0.2) is 17.9 Å². The summed E-state index contributed by atoms with van der Waals surface area (Å²) in [7, 11) is 0. The largest absolute Gasteiger partial charge is 0.493 e. The van der Waals surface area contributed by atoms with Crippen LogP contribution in [0.5, 0.6) is 5.75 Å². The predicted molar refractivity (Wildman–Crippen MR) is 62.5 cm³/mol. The van der Waals surface area contributed by atoms with Crippen LogP contribution in [0.1, 0.15) is 37.9 Å². The van der Waals surface area contributed by atoms with Gasteiger partial charge in [0.15, 0.2) is 6.10 Å². The van der Waals surface area contributed by atoms with E-state index in [4.69, 9.17) is 4.74 Å². The van der Waals surface area contributed by atoms with E-state index < -0.39 is 12.3 Å². The molecule has 0 bridgehead atoms. The van der Waals surface area contributed by atoms with Gasteiger partial charge in [0.2, 0.25) is 0 Å². The quantitative estimate of drug-likeness (QED) is 0.789. The van der Waals surface area contributed by atoms with Crippen molar-refractivity contribution < 1.29 is 23.0 Å². The second-order valence-corrected chi connectivity index (χ2v) is 4.04. The smallest absolute Gasteiger partial charge is 0.418 e. The average Bonchev–Trinajstić information content (AvgIpc) is 2.33. The normalized spacial score (nSPS) is 13.4. The van der Waals surface area contributed by atoms with Crippen LogP contribution in [0, 0.1) is 0 Å². The minimum Gasteiger partial charge on any atom is -0.493 e. The monoisotopic (exact) mass is 262 g/mol. The summed E-state index contributed by atoms with van der Waals surface area (Å²) in [6.45, 7) is 2.39. The average molecular weight is 262 g/mol. The second-order valence-electron chi connectivity index (χ2n) is 4.04. The van der Waals surface area contributed by atoms with Gasteiger partial charge in [0, 0.05) is 5.56 Å². The molecule has 0 aliphatic carbocycles. The SMILES string of the molecule is CCCCCOc1ccccc1C(O)C(F)(F)F. The van der Waals surface area contributed by atoms with E-state index in [1.165, 1.54) is 18.2 Å². The molecule has 1 rings (SSSR count). The van der Waals surface area contributed by atoms with Gasteiger partial charge >= 0.3 is 6.18 Å². The van der Waals surface area contributed by atoms with Crippen LogP contribution >= 0.6 is 0 Å². The zero-order valence-electron chi connectivity index (χ0n) is 10.2. The summed E-state index contributed by atoms with van der Waals surface area (Å²) in [5.74, 6) is 0.0958. The molecule has 0 saturated heterocycles. The van der Waals surface area contributed by atoms with Crippen molar-refractivity contribution in [2.75, 3.05) is 6.61 Å². The highest BCUT2D eigenvalue weighted by Crippen LogP contribution is 2.36. The third-order valence-electron chi connectivity index (χ3n) is 2.53. The van der Waals surface area contributed by atoms with E-state index in [1.54, 1.807) is 6.07 Å². The van der Waals surface area contributed by atoms with Crippen molar-refractivity contribution in [3.05, 3.63) is 29.8 Å². The third-order valence-corrected chi connectivity index (χ3v) is 2.53. The van der Waals surface area contributed by atoms with Gasteiger partial charge in [-0.05, 0) is 12.5 Å². The number of para-hydroxylation sites is 1. The second kappa shape index (κ2) is 6.64. The number of hydrogen-bond acceptors (Lipinski definition) is 2. The molecule has 0 fully saturated rings. The molecule has 102 valence electrons. The number of unbranched alkanes of at least 4 members (excludes halogenated alkanes) is 2. The van der Waals surface area contributed by atoms with Crippen molar-refractivity contribution in [1.29, 1.82) is 0 Å². The zero-order chi connectivity index (χ0) is 13.6. The van der Waals surface area contributed by atoms with Crippen LogP contribution in [-0.2, 0) is 0 Å². The van der Waals surface area contributed by atoms with E-state index >= 15 is 0 Å². The summed E-state index contributed by atoms with van der Waals surface area (Å²) >= 11 is 0. The zero-order valence-corrected chi connectivity index (χ0v) is 10.2. The van der Waals surface area contributed by atoms with Gasteiger partial charge in [0.1, 0.15) is 5.75 Å². The Morgan fingerprint density at radius 3 is 2.50 bits per heavy atom. The van der Waals surface area contributed by atoms with E-state index in [0.717, 1.165) is 19.3 Å². The standard InChI is InChI=1S/C13H17F3O2/c1-2-3-6-9-18-11-8-5-4-7-10(11)12(17)13(14,15)16/h4-5,7-8,12,17H,2-3,6,9H2,1H3. The van der Waals surface area contributed by atoms with Gasteiger partial charge in [-0.15, -0.1) is 0 Å². The van der Waals surface area contributed by atoms with Crippen LogP contribution in [0.4, 0.5) is 13.2 Å². The van der Waals surface area contributed by atoms with Crippen molar-refractivity contribution in [3.63, 3.8) is 0 Å². The van der Waals surface area contributed by atoms with Crippen molar-refractivity contribution in [1.82, 2.24) is 0 Å². The molecule has 1 aromatic carbocycles. The van der Waals surface area contributed by atoms with Gasteiger partial charge in [-0.2, -0.15) is 13.2 Å². The highest BCUT2D eigenvalue weighted by Gasteiger charge is 2.40. The number of hydrogen-bond donors (Lipinski definition) is 1. The molecule has 0 spiro atoms. The van der Waals surface area contributed by atoms with Crippen LogP contribution in [0.3, 0.4) is 0 Å². The molecule has 0 saturated carbocycles. The Morgan fingerprint density at radius 2 is 1.89 bits per heavy atom. The fourth-order valence-electron chi connectivity index (χ4n) is 1.55. The molecule has 1 N–H and O–H groups in total. The highest BCUT2D eigenvalue weighted by atomic mass is 19.4. The molecular weight excluding hydrogens is 245 g/mol. The molecule has 0 heterocycles. The molecule has 1 unspecified atom stereocenters. The van der Waals surface area contributed by atoms with Crippen molar-refractivity contribution in [2.45, 2.75) is 38.5 Å². The molecular formula is C13H17F3O2. The lowest BCUT2D eigenvalue weighted by Crippen LogP contribution is -2.21. The van der Waals surface area contributed by atoms with Crippen LogP contribution in [0.2, 0.25) is 0 Å². The third kappa shape index (κ3) is 4.22. The Bertz CT molecular complexity index is 363. The van der Waals surface area contributed by atoms with E-state index in [0.29, 0.717) is 6.61 Å². The minimum atomic E-state index is -4.68. The molecule has 2 nitrogen and oxygen atoms in total. The number of alkyl halides is 3. The fraction of sp³-hybridized carbons (Fsp3) is 0.538. The fourth-order valence-corrected chi connectivity index (χ4v) is 1.55. The lowest BCUT2D eigenvalue weighted by molar-refractivity contribution is -0.207. The maximum atomic E-state index is 12.5. The molecule has 0 aliphatic heterocycles. The maximum absolute atomic E-state index is 12.5. The van der Waals surface area contributed by atoms with Gasteiger partial charge in [0.25, 0.3) is 0 Å². The Balaban J connectivity index is 2.73. The van der Waals surface area contributed by atoms with E-state index in [9.17, 15) is 18.3 Å². The van der Waals surface area contributed by atoms with Gasteiger partial charge < -0.3 is 9.84 Å². The predicted octanol–water partition coefficient (Wildman–Crippen LogP) is 3.85. The Labute approximate surface area is 104 Å². The summed E-state index contributed by atoms with van der Waals surface area (Å²) in [5.41, 5.74) is -0.235. The van der Waals surface area contributed by atoms with Crippen molar-refractivity contribution in [2.24, 2.45) is 0 Å². The molecule has 0 amide bonds. The minimum absolute atomic E-state index is 0.0958. The van der Waals surface area contributed by atoms with Crippen LogP contribution < -0.4 is 4.74 Å². The maximum Gasteiger partial charge on any atom is 0.418 e. The van der Waals surface area contributed by atoms with Gasteiger partial charge in [-0.25, -0.2) is 0 Å². The van der Waals surface area contributed by atoms with Crippen molar-refractivity contribution >= 4 is 0 Å². The summed E-state index contributed by atoms with van der Waals surface area (Å²) < 4.78 is 42.7. The summed E-state index contributed by atoms with van der Waals surface area (Å²) in [6.07, 6.45) is -4.42. The van der Waals surface area contributed by atoms with Gasteiger partial charge in [-0.1, -0.05) is 38.0 Å². The molecule has 18 heavy (non-hydrogen) atoms. The first-order chi connectivity index (χ1) is 8.46. The van der Waals surface area contributed by atoms with Crippen LogP contribution in [0.25, 0.3) is 0 Å². The first-order valence-corrected chi connectivity index (χ1v) is 5.93. The van der Waals surface area contributed by atoms with E-state index in [1.807, 2.05) is 6.92 Å². The van der Waals surface area contributed by atoms with E-state index in [-0.39, 0.29) is 11.3 Å². The lowest BCUT2D eigenvalue weighted by atomic mass is 10.1. The number of ether oxygens (including phenoxy) is 1. The Hall–Kier alpha value is -1.23. The molecule has 0 aliphatic rings.